The first-order valence-electron chi connectivity index (χ1n) is 6.77. The number of hydrogen-bond acceptors (Lipinski definition) is 3. The molecular formula is C16H11BrCl2N2O2. The van der Waals surface area contributed by atoms with Crippen LogP contribution in [-0.2, 0) is 6.54 Å². The van der Waals surface area contributed by atoms with Crippen LogP contribution in [0.25, 0.3) is 10.9 Å². The van der Waals surface area contributed by atoms with E-state index in [9.17, 15) is 4.79 Å². The molecule has 0 saturated carbocycles. The second-order valence-corrected chi connectivity index (χ2v) is 6.56. The maximum Gasteiger partial charge on any atom is 0.261 e. The molecule has 0 saturated heterocycles. The van der Waals surface area contributed by atoms with Crippen molar-refractivity contribution in [1.29, 1.82) is 0 Å². The molecule has 0 amide bonds. The third kappa shape index (κ3) is 3.68. The van der Waals surface area contributed by atoms with Gasteiger partial charge < -0.3 is 4.74 Å². The molecule has 3 rings (SSSR count). The van der Waals surface area contributed by atoms with E-state index < -0.39 is 0 Å². The quantitative estimate of drug-likeness (QED) is 0.630. The van der Waals surface area contributed by atoms with E-state index >= 15 is 0 Å². The van der Waals surface area contributed by atoms with Crippen molar-refractivity contribution in [3.63, 3.8) is 0 Å². The summed E-state index contributed by atoms with van der Waals surface area (Å²) in [6, 6.07) is 10.3. The van der Waals surface area contributed by atoms with Crippen molar-refractivity contribution in [3.8, 4) is 5.75 Å². The van der Waals surface area contributed by atoms with Gasteiger partial charge in [0.15, 0.2) is 0 Å². The Morgan fingerprint density at radius 1 is 1.13 bits per heavy atom. The number of hydrogen-bond donors (Lipinski definition) is 0. The Kier molecular flexibility index (Phi) is 4.90. The lowest BCUT2D eigenvalue weighted by molar-refractivity contribution is 0.294. The average molecular weight is 414 g/mol. The minimum absolute atomic E-state index is 0.142. The van der Waals surface area contributed by atoms with Gasteiger partial charge in [0.2, 0.25) is 0 Å². The first kappa shape index (κ1) is 16.3. The van der Waals surface area contributed by atoms with Crippen LogP contribution in [0.5, 0.6) is 5.75 Å². The molecule has 7 heteroatoms. The molecule has 1 aromatic heterocycles. The van der Waals surface area contributed by atoms with Gasteiger partial charge in [-0.3, -0.25) is 9.36 Å². The fourth-order valence-corrected chi connectivity index (χ4v) is 3.11. The summed E-state index contributed by atoms with van der Waals surface area (Å²) in [7, 11) is 0. The van der Waals surface area contributed by atoms with E-state index in [4.69, 9.17) is 27.9 Å². The van der Waals surface area contributed by atoms with E-state index in [1.54, 1.807) is 36.4 Å². The first-order chi connectivity index (χ1) is 11.0. The van der Waals surface area contributed by atoms with Crippen molar-refractivity contribution in [3.05, 3.63) is 67.6 Å². The monoisotopic (exact) mass is 412 g/mol. The highest BCUT2D eigenvalue weighted by molar-refractivity contribution is 9.10. The Morgan fingerprint density at radius 3 is 2.65 bits per heavy atom. The molecular weight excluding hydrogens is 403 g/mol. The van der Waals surface area contributed by atoms with Crippen LogP contribution in [0.4, 0.5) is 0 Å². The van der Waals surface area contributed by atoms with Crippen molar-refractivity contribution in [2.75, 3.05) is 6.61 Å². The smallest absolute Gasteiger partial charge is 0.261 e. The molecule has 0 spiro atoms. The van der Waals surface area contributed by atoms with Gasteiger partial charge >= 0.3 is 0 Å². The highest BCUT2D eigenvalue weighted by atomic mass is 79.9. The number of aromatic nitrogens is 2. The molecule has 4 nitrogen and oxygen atoms in total. The van der Waals surface area contributed by atoms with E-state index in [-0.39, 0.29) is 5.56 Å². The van der Waals surface area contributed by atoms with E-state index in [0.29, 0.717) is 39.8 Å². The Hall–Kier alpha value is -1.56. The second kappa shape index (κ2) is 6.91. The van der Waals surface area contributed by atoms with Gasteiger partial charge in [0, 0.05) is 10.0 Å². The number of rotatable bonds is 4. The summed E-state index contributed by atoms with van der Waals surface area (Å²) in [6.07, 6.45) is 1.51. The minimum atomic E-state index is -0.142. The molecule has 0 bridgehead atoms. The van der Waals surface area contributed by atoms with Gasteiger partial charge in [-0.05, 0) is 52.3 Å². The van der Waals surface area contributed by atoms with Crippen LogP contribution in [0.3, 0.4) is 0 Å². The number of benzene rings is 2. The lowest BCUT2D eigenvalue weighted by Crippen LogP contribution is -2.23. The predicted molar refractivity (Wildman–Crippen MR) is 95.7 cm³/mol. The Bertz CT molecular complexity index is 928. The van der Waals surface area contributed by atoms with Crippen LogP contribution in [0.15, 0.2) is 52.0 Å². The zero-order chi connectivity index (χ0) is 16.4. The molecule has 0 N–H and O–H groups in total. The number of ether oxygens (including phenoxy) is 1. The zero-order valence-electron chi connectivity index (χ0n) is 11.8. The maximum absolute atomic E-state index is 12.4. The normalized spacial score (nSPS) is 10.9. The molecule has 1 heterocycles. The third-order valence-electron chi connectivity index (χ3n) is 3.27. The fraction of sp³-hybridized carbons (Fsp3) is 0.125. The summed E-state index contributed by atoms with van der Waals surface area (Å²) in [6.45, 7) is 0.706. The topological polar surface area (TPSA) is 44.1 Å². The number of fused-ring (bicyclic) bond motifs is 1. The second-order valence-electron chi connectivity index (χ2n) is 4.83. The van der Waals surface area contributed by atoms with Gasteiger partial charge in [0.1, 0.15) is 12.4 Å². The average Bonchev–Trinajstić information content (AvgIpc) is 2.52. The maximum atomic E-state index is 12.4. The molecule has 0 radical (unpaired) electrons. The summed E-state index contributed by atoms with van der Waals surface area (Å²) in [4.78, 5) is 16.7. The van der Waals surface area contributed by atoms with Crippen molar-refractivity contribution in [2.24, 2.45) is 0 Å². The van der Waals surface area contributed by atoms with Gasteiger partial charge in [0.25, 0.3) is 5.56 Å². The van der Waals surface area contributed by atoms with Crippen molar-refractivity contribution in [1.82, 2.24) is 9.55 Å². The van der Waals surface area contributed by atoms with Crippen LogP contribution in [0.2, 0.25) is 10.0 Å². The highest BCUT2D eigenvalue weighted by Crippen LogP contribution is 2.27. The molecule has 2 aromatic carbocycles. The minimum Gasteiger partial charge on any atom is -0.491 e. The lowest BCUT2D eigenvalue weighted by atomic mass is 10.2. The van der Waals surface area contributed by atoms with Gasteiger partial charge in [-0.1, -0.05) is 23.2 Å². The molecule has 0 aliphatic carbocycles. The van der Waals surface area contributed by atoms with Crippen LogP contribution < -0.4 is 10.3 Å². The predicted octanol–water partition coefficient (Wildman–Crippen LogP) is 4.54. The first-order valence-corrected chi connectivity index (χ1v) is 8.32. The lowest BCUT2D eigenvalue weighted by Gasteiger charge is -2.10. The molecule has 23 heavy (non-hydrogen) atoms. The molecule has 0 unspecified atom stereocenters. The van der Waals surface area contributed by atoms with E-state index in [1.807, 2.05) is 0 Å². The van der Waals surface area contributed by atoms with Gasteiger partial charge in [-0.15, -0.1) is 0 Å². The fourth-order valence-electron chi connectivity index (χ4n) is 2.14. The van der Waals surface area contributed by atoms with Gasteiger partial charge in [-0.25, -0.2) is 4.98 Å². The van der Waals surface area contributed by atoms with Crippen LogP contribution in [0, 0.1) is 0 Å². The molecule has 0 aliphatic heterocycles. The Labute approximate surface area is 150 Å². The van der Waals surface area contributed by atoms with Crippen LogP contribution in [-0.4, -0.2) is 16.2 Å². The Balaban J connectivity index is 1.77. The van der Waals surface area contributed by atoms with Crippen LogP contribution in [0.1, 0.15) is 0 Å². The van der Waals surface area contributed by atoms with Crippen molar-refractivity contribution >= 4 is 50.0 Å². The van der Waals surface area contributed by atoms with Crippen molar-refractivity contribution < 1.29 is 4.74 Å². The number of halogens is 3. The summed E-state index contributed by atoms with van der Waals surface area (Å²) < 4.78 is 7.93. The van der Waals surface area contributed by atoms with Crippen LogP contribution >= 0.6 is 39.1 Å². The summed E-state index contributed by atoms with van der Waals surface area (Å²) in [5.41, 5.74) is 0.480. The van der Waals surface area contributed by atoms with E-state index in [1.165, 1.54) is 10.9 Å². The summed E-state index contributed by atoms with van der Waals surface area (Å²) in [5.74, 6) is 0.666. The molecule has 0 atom stereocenters. The molecule has 0 aliphatic rings. The summed E-state index contributed by atoms with van der Waals surface area (Å²) in [5, 5.41) is 1.62. The highest BCUT2D eigenvalue weighted by Gasteiger charge is 2.06. The SMILES string of the molecule is O=c1c2cc(Cl)ccc2ncn1CCOc1ccc(Cl)cc1Br. The third-order valence-corrected chi connectivity index (χ3v) is 4.36. The van der Waals surface area contributed by atoms with Crippen molar-refractivity contribution in [2.45, 2.75) is 6.54 Å². The zero-order valence-corrected chi connectivity index (χ0v) is 14.9. The molecule has 3 aromatic rings. The summed E-state index contributed by atoms with van der Waals surface area (Å²) >= 11 is 15.2. The molecule has 0 fully saturated rings. The van der Waals surface area contributed by atoms with E-state index in [2.05, 4.69) is 20.9 Å². The Morgan fingerprint density at radius 2 is 1.87 bits per heavy atom. The van der Waals surface area contributed by atoms with Gasteiger partial charge in [-0.2, -0.15) is 0 Å². The largest absolute Gasteiger partial charge is 0.491 e. The van der Waals surface area contributed by atoms with Gasteiger partial charge in [0.05, 0.1) is 28.2 Å². The van der Waals surface area contributed by atoms with E-state index in [0.717, 1.165) is 4.47 Å². The number of nitrogens with zero attached hydrogens (tertiary/aromatic N) is 2. The standard InChI is InChI=1S/C16H11BrCl2N2O2/c17-13-8-11(19)2-4-15(13)23-6-5-21-9-20-14-3-1-10(18)7-12(14)16(21)22/h1-4,7-9H,5-6H2. The molecule has 118 valence electrons.